The number of hydrogen-bond donors (Lipinski definition) is 0. The Labute approximate surface area is 148 Å². The zero-order chi connectivity index (χ0) is 18.0. The van der Waals surface area contributed by atoms with Gasteiger partial charge in [-0.3, -0.25) is 14.7 Å². The zero-order valence-electron chi connectivity index (χ0n) is 15.2. The number of nitrogens with zero attached hydrogens (tertiary/aromatic N) is 4. The predicted molar refractivity (Wildman–Crippen MR) is 93.2 cm³/mol. The Hall–Kier alpha value is -2.18. The fourth-order valence-corrected chi connectivity index (χ4v) is 3.30. The summed E-state index contributed by atoms with van der Waals surface area (Å²) in [6.07, 6.45) is 5.86. The number of ether oxygens (including phenoxy) is 1. The number of carbonyl (C=O) groups excluding carboxylic acids is 2. The topological polar surface area (TPSA) is 75.6 Å². The maximum Gasteiger partial charge on any atom is 0.415 e. The number of carbonyl (C=O) groups is 2. The van der Waals surface area contributed by atoms with Crippen molar-refractivity contribution in [3.05, 3.63) is 18.1 Å². The molecule has 1 aromatic rings. The Morgan fingerprint density at radius 2 is 1.92 bits per heavy atom. The van der Waals surface area contributed by atoms with Gasteiger partial charge in [-0.15, -0.1) is 0 Å². The molecule has 25 heavy (non-hydrogen) atoms. The first-order valence-corrected chi connectivity index (χ1v) is 8.89. The van der Waals surface area contributed by atoms with Crippen LogP contribution in [-0.4, -0.2) is 53.1 Å². The van der Waals surface area contributed by atoms with Crippen LogP contribution in [-0.2, 0) is 16.0 Å². The van der Waals surface area contributed by atoms with Crippen LogP contribution < -0.4 is 4.90 Å². The molecule has 0 radical (unpaired) electrons. The molecule has 2 amide bonds. The van der Waals surface area contributed by atoms with E-state index in [0.29, 0.717) is 24.9 Å². The summed E-state index contributed by atoms with van der Waals surface area (Å²) in [6.45, 7) is 8.44. The first-order chi connectivity index (χ1) is 11.8. The number of piperidine rings is 1. The van der Waals surface area contributed by atoms with Gasteiger partial charge in [0.15, 0.2) is 5.82 Å². The molecule has 7 nitrogen and oxygen atoms in total. The third kappa shape index (κ3) is 4.08. The van der Waals surface area contributed by atoms with E-state index in [2.05, 4.69) is 9.97 Å². The Kier molecular flexibility index (Phi) is 4.92. The Bertz CT molecular complexity index is 631. The minimum absolute atomic E-state index is 0.229. The second-order valence-corrected chi connectivity index (χ2v) is 7.82. The molecule has 0 atom stereocenters. The molecule has 1 aromatic heterocycles. The van der Waals surface area contributed by atoms with Gasteiger partial charge in [0.1, 0.15) is 6.61 Å². The molecule has 3 rings (SSSR count). The molecule has 0 saturated carbocycles. The molecule has 7 heteroatoms. The first-order valence-electron chi connectivity index (χ1n) is 8.89. The standard InChI is InChI=1S/C18H26N4O3/c1-18(2,3)16(23)21-6-4-13(5-7-21)10-14-11-20-15(12-19-14)22-8-9-25-17(22)24/h11-13H,4-10H2,1-3H3. The van der Waals surface area contributed by atoms with Crippen molar-refractivity contribution in [2.75, 3.05) is 31.1 Å². The molecule has 0 N–H and O–H groups in total. The van der Waals surface area contributed by atoms with Crippen molar-refractivity contribution in [2.24, 2.45) is 11.3 Å². The van der Waals surface area contributed by atoms with E-state index in [9.17, 15) is 9.59 Å². The van der Waals surface area contributed by atoms with Crippen LogP contribution in [0, 0.1) is 11.3 Å². The second-order valence-electron chi connectivity index (χ2n) is 7.82. The predicted octanol–water partition coefficient (Wildman–Crippen LogP) is 2.26. The van der Waals surface area contributed by atoms with E-state index >= 15 is 0 Å². The largest absolute Gasteiger partial charge is 0.447 e. The molecule has 2 aliphatic rings. The molecule has 0 unspecified atom stereocenters. The first kappa shape index (κ1) is 17.6. The smallest absolute Gasteiger partial charge is 0.415 e. The van der Waals surface area contributed by atoms with Crippen LogP contribution in [0.2, 0.25) is 0 Å². The average Bonchev–Trinajstić information content (AvgIpc) is 3.01. The highest BCUT2D eigenvalue weighted by Gasteiger charge is 2.30. The van der Waals surface area contributed by atoms with E-state index in [-0.39, 0.29) is 17.4 Å². The van der Waals surface area contributed by atoms with Gasteiger partial charge in [0.05, 0.1) is 24.6 Å². The number of anilines is 1. The number of aromatic nitrogens is 2. The van der Waals surface area contributed by atoms with Crippen molar-refractivity contribution in [3.8, 4) is 0 Å². The van der Waals surface area contributed by atoms with E-state index in [0.717, 1.165) is 38.0 Å². The molecule has 3 heterocycles. The van der Waals surface area contributed by atoms with E-state index in [1.165, 1.54) is 4.90 Å². The molecule has 2 saturated heterocycles. The second kappa shape index (κ2) is 6.98. The summed E-state index contributed by atoms with van der Waals surface area (Å²) >= 11 is 0. The number of cyclic esters (lactones) is 1. The highest BCUT2D eigenvalue weighted by atomic mass is 16.6. The Morgan fingerprint density at radius 3 is 2.44 bits per heavy atom. The van der Waals surface area contributed by atoms with Gasteiger partial charge in [-0.25, -0.2) is 9.78 Å². The van der Waals surface area contributed by atoms with Gasteiger partial charge in [-0.2, -0.15) is 0 Å². The fourth-order valence-electron chi connectivity index (χ4n) is 3.30. The maximum atomic E-state index is 12.3. The van der Waals surface area contributed by atoms with Crippen molar-refractivity contribution >= 4 is 17.8 Å². The Balaban J connectivity index is 1.52. The fraction of sp³-hybridized carbons (Fsp3) is 0.667. The summed E-state index contributed by atoms with van der Waals surface area (Å²) in [6, 6.07) is 0. The number of likely N-dealkylation sites (tertiary alicyclic amines) is 1. The van der Waals surface area contributed by atoms with Gasteiger partial charge >= 0.3 is 6.09 Å². The van der Waals surface area contributed by atoms with Crippen molar-refractivity contribution in [2.45, 2.75) is 40.0 Å². The van der Waals surface area contributed by atoms with Crippen molar-refractivity contribution in [3.63, 3.8) is 0 Å². The molecule has 0 bridgehead atoms. The molecule has 0 spiro atoms. The quantitative estimate of drug-likeness (QED) is 0.839. The average molecular weight is 346 g/mol. The minimum atomic E-state index is -0.363. The van der Waals surface area contributed by atoms with Crippen LogP contribution in [0.5, 0.6) is 0 Å². The molecule has 136 valence electrons. The third-order valence-corrected chi connectivity index (χ3v) is 4.77. The minimum Gasteiger partial charge on any atom is -0.447 e. The molecule has 0 aliphatic carbocycles. The molecular weight excluding hydrogens is 320 g/mol. The van der Waals surface area contributed by atoms with Crippen LogP contribution in [0.15, 0.2) is 12.4 Å². The lowest BCUT2D eigenvalue weighted by Gasteiger charge is -2.35. The van der Waals surface area contributed by atoms with Crippen LogP contribution in [0.25, 0.3) is 0 Å². The van der Waals surface area contributed by atoms with Crippen molar-refractivity contribution < 1.29 is 14.3 Å². The van der Waals surface area contributed by atoms with Crippen LogP contribution >= 0.6 is 0 Å². The van der Waals surface area contributed by atoms with Gasteiger partial charge in [-0.05, 0) is 25.2 Å². The summed E-state index contributed by atoms with van der Waals surface area (Å²) in [5.41, 5.74) is 0.613. The van der Waals surface area contributed by atoms with Gasteiger partial charge < -0.3 is 9.64 Å². The van der Waals surface area contributed by atoms with E-state index in [1.54, 1.807) is 12.4 Å². The van der Waals surface area contributed by atoms with Gasteiger partial charge in [0.25, 0.3) is 0 Å². The van der Waals surface area contributed by atoms with E-state index < -0.39 is 0 Å². The monoisotopic (exact) mass is 346 g/mol. The summed E-state index contributed by atoms with van der Waals surface area (Å²) in [5.74, 6) is 1.28. The number of amides is 2. The lowest BCUT2D eigenvalue weighted by Crippen LogP contribution is -2.44. The lowest BCUT2D eigenvalue weighted by molar-refractivity contribution is -0.140. The highest BCUT2D eigenvalue weighted by Crippen LogP contribution is 2.25. The number of rotatable bonds is 3. The SMILES string of the molecule is CC(C)(C)C(=O)N1CCC(Cc2cnc(N3CCOC3=O)cn2)CC1. The number of hydrogen-bond acceptors (Lipinski definition) is 5. The third-order valence-electron chi connectivity index (χ3n) is 4.77. The zero-order valence-corrected chi connectivity index (χ0v) is 15.2. The van der Waals surface area contributed by atoms with Gasteiger partial charge in [-0.1, -0.05) is 20.8 Å². The van der Waals surface area contributed by atoms with Gasteiger partial charge in [0.2, 0.25) is 5.91 Å². The van der Waals surface area contributed by atoms with Crippen LogP contribution in [0.4, 0.5) is 10.6 Å². The summed E-state index contributed by atoms with van der Waals surface area (Å²) < 4.78 is 4.91. The normalized spacial score (nSPS) is 19.2. The molecule has 2 fully saturated rings. The summed E-state index contributed by atoms with van der Waals surface area (Å²) in [5, 5.41) is 0. The summed E-state index contributed by atoms with van der Waals surface area (Å²) in [4.78, 5) is 36.1. The lowest BCUT2D eigenvalue weighted by atomic mass is 9.89. The molecule has 0 aromatic carbocycles. The maximum absolute atomic E-state index is 12.3. The van der Waals surface area contributed by atoms with Crippen molar-refractivity contribution in [1.82, 2.24) is 14.9 Å². The molecular formula is C18H26N4O3. The van der Waals surface area contributed by atoms with E-state index in [1.807, 2.05) is 25.7 Å². The Morgan fingerprint density at radius 1 is 1.20 bits per heavy atom. The van der Waals surface area contributed by atoms with Crippen LogP contribution in [0.3, 0.4) is 0 Å². The summed E-state index contributed by atoms with van der Waals surface area (Å²) in [7, 11) is 0. The van der Waals surface area contributed by atoms with Crippen LogP contribution in [0.1, 0.15) is 39.3 Å². The van der Waals surface area contributed by atoms with Gasteiger partial charge in [0, 0.05) is 18.5 Å². The van der Waals surface area contributed by atoms with E-state index in [4.69, 9.17) is 4.74 Å². The molecule has 2 aliphatic heterocycles. The van der Waals surface area contributed by atoms with Crippen molar-refractivity contribution in [1.29, 1.82) is 0 Å². The highest BCUT2D eigenvalue weighted by molar-refractivity contribution is 5.87.